The van der Waals surface area contributed by atoms with Crippen molar-refractivity contribution < 1.29 is 14.3 Å². The van der Waals surface area contributed by atoms with Crippen molar-refractivity contribution in [3.63, 3.8) is 0 Å². The molecule has 4 rings (SSSR count). The van der Waals surface area contributed by atoms with Crippen LogP contribution < -0.4 is 5.32 Å². The standard InChI is InChI=1S/C18H13BrN4O3/c19-13-8-4-3-7-12(13)15-20-18(23-22-15)21-16(24)14-9-10-5-1-2-6-11(10)17(25)26-14/h1-8,14H,9H2,(H2,20,21,22,23,24)/t14-/m1/s1. The van der Waals surface area contributed by atoms with Crippen molar-refractivity contribution >= 4 is 33.8 Å². The first-order valence-electron chi connectivity index (χ1n) is 7.89. The van der Waals surface area contributed by atoms with Gasteiger partial charge in [-0.1, -0.05) is 52.3 Å². The number of hydrogen-bond donors (Lipinski definition) is 2. The summed E-state index contributed by atoms with van der Waals surface area (Å²) in [4.78, 5) is 28.7. The first kappa shape index (κ1) is 16.5. The summed E-state index contributed by atoms with van der Waals surface area (Å²) < 4.78 is 6.09. The van der Waals surface area contributed by atoms with Crippen LogP contribution in [0.5, 0.6) is 0 Å². The first-order chi connectivity index (χ1) is 12.6. The SMILES string of the molecule is O=C1O[C@@H](C(=O)Nc2n[nH]c(-c3ccccc3Br)n2)Cc2ccccc21. The number of nitrogens with one attached hydrogen (secondary N) is 2. The molecule has 26 heavy (non-hydrogen) atoms. The van der Waals surface area contributed by atoms with Crippen LogP contribution in [0, 0.1) is 0 Å². The van der Waals surface area contributed by atoms with E-state index < -0.39 is 18.0 Å². The largest absolute Gasteiger partial charge is 0.448 e. The number of H-pyrrole nitrogens is 1. The maximum absolute atomic E-state index is 12.4. The highest BCUT2D eigenvalue weighted by Crippen LogP contribution is 2.26. The Kier molecular flexibility index (Phi) is 4.26. The Morgan fingerprint density at radius 1 is 1.15 bits per heavy atom. The Morgan fingerprint density at radius 3 is 2.69 bits per heavy atom. The van der Waals surface area contributed by atoms with Crippen molar-refractivity contribution in [3.05, 3.63) is 64.1 Å². The lowest BCUT2D eigenvalue weighted by atomic mass is 9.98. The number of hydrogen-bond acceptors (Lipinski definition) is 5. The van der Waals surface area contributed by atoms with E-state index in [0.717, 1.165) is 15.6 Å². The van der Waals surface area contributed by atoms with Gasteiger partial charge in [-0.25, -0.2) is 4.79 Å². The second-order valence-electron chi connectivity index (χ2n) is 5.73. The van der Waals surface area contributed by atoms with Gasteiger partial charge in [0, 0.05) is 16.5 Å². The number of anilines is 1. The van der Waals surface area contributed by atoms with E-state index in [4.69, 9.17) is 4.74 Å². The number of fused-ring (bicyclic) bond motifs is 1. The number of halogens is 1. The van der Waals surface area contributed by atoms with Crippen molar-refractivity contribution in [1.29, 1.82) is 0 Å². The van der Waals surface area contributed by atoms with Gasteiger partial charge in [0.1, 0.15) is 0 Å². The Morgan fingerprint density at radius 2 is 1.88 bits per heavy atom. The summed E-state index contributed by atoms with van der Waals surface area (Å²) >= 11 is 3.45. The average Bonchev–Trinajstić information content (AvgIpc) is 3.10. The lowest BCUT2D eigenvalue weighted by Crippen LogP contribution is -2.38. The number of aromatic amines is 1. The van der Waals surface area contributed by atoms with Crippen molar-refractivity contribution in [2.75, 3.05) is 5.32 Å². The lowest BCUT2D eigenvalue weighted by Gasteiger charge is -2.23. The van der Waals surface area contributed by atoms with Gasteiger partial charge < -0.3 is 4.74 Å². The monoisotopic (exact) mass is 412 g/mol. The summed E-state index contributed by atoms with van der Waals surface area (Å²) in [6.07, 6.45) is -0.599. The molecule has 0 unspecified atom stereocenters. The van der Waals surface area contributed by atoms with Gasteiger partial charge in [-0.15, -0.1) is 5.10 Å². The van der Waals surface area contributed by atoms with Crippen LogP contribution in [0.2, 0.25) is 0 Å². The molecule has 7 nitrogen and oxygen atoms in total. The fraction of sp³-hybridized carbons (Fsp3) is 0.111. The van der Waals surface area contributed by atoms with Gasteiger partial charge in [0.15, 0.2) is 11.9 Å². The zero-order valence-electron chi connectivity index (χ0n) is 13.4. The summed E-state index contributed by atoms with van der Waals surface area (Å²) in [6, 6.07) is 14.6. The van der Waals surface area contributed by atoms with Crippen molar-refractivity contribution in [3.8, 4) is 11.4 Å². The van der Waals surface area contributed by atoms with E-state index in [-0.39, 0.29) is 5.95 Å². The summed E-state index contributed by atoms with van der Waals surface area (Å²) in [7, 11) is 0. The molecule has 2 heterocycles. The number of benzene rings is 2. The van der Waals surface area contributed by atoms with Crippen LogP contribution in [0.4, 0.5) is 5.95 Å². The molecule has 0 spiro atoms. The van der Waals surface area contributed by atoms with Crippen molar-refractivity contribution in [2.45, 2.75) is 12.5 Å². The zero-order chi connectivity index (χ0) is 18.1. The van der Waals surface area contributed by atoms with Crippen molar-refractivity contribution in [2.24, 2.45) is 0 Å². The second-order valence-corrected chi connectivity index (χ2v) is 6.59. The summed E-state index contributed by atoms with van der Waals surface area (Å²) in [5, 5.41) is 9.37. The van der Waals surface area contributed by atoms with Gasteiger partial charge in [0.25, 0.3) is 5.91 Å². The van der Waals surface area contributed by atoms with Crippen LogP contribution in [0.3, 0.4) is 0 Å². The lowest BCUT2D eigenvalue weighted by molar-refractivity contribution is -0.125. The van der Waals surface area contributed by atoms with Crippen LogP contribution >= 0.6 is 15.9 Å². The van der Waals surface area contributed by atoms with Crippen LogP contribution in [0.15, 0.2) is 53.0 Å². The highest BCUT2D eigenvalue weighted by molar-refractivity contribution is 9.10. The Hall–Kier alpha value is -3.00. The maximum atomic E-state index is 12.4. The minimum atomic E-state index is -0.914. The molecule has 2 aromatic carbocycles. The number of ether oxygens (including phenoxy) is 1. The number of carbonyl (C=O) groups is 2. The van der Waals surface area contributed by atoms with Gasteiger partial charge >= 0.3 is 5.97 Å². The summed E-state index contributed by atoms with van der Waals surface area (Å²) in [5.41, 5.74) is 2.09. The molecule has 1 aliphatic heterocycles. The maximum Gasteiger partial charge on any atom is 0.339 e. The molecule has 2 N–H and O–H groups in total. The second kappa shape index (κ2) is 6.72. The number of amides is 1. The molecule has 1 amide bonds. The normalized spacial score (nSPS) is 15.9. The molecule has 1 aromatic heterocycles. The van der Waals surface area contributed by atoms with Gasteiger partial charge in [-0.3, -0.25) is 15.2 Å². The minimum Gasteiger partial charge on any atom is -0.448 e. The number of cyclic esters (lactones) is 1. The fourth-order valence-corrected chi connectivity index (χ4v) is 3.23. The molecule has 0 saturated heterocycles. The smallest absolute Gasteiger partial charge is 0.339 e. The topological polar surface area (TPSA) is 97.0 Å². The minimum absolute atomic E-state index is 0.121. The predicted octanol–water partition coefficient (Wildman–Crippen LogP) is 2.95. The fourth-order valence-electron chi connectivity index (χ4n) is 2.76. The molecular weight excluding hydrogens is 400 g/mol. The molecule has 8 heteroatoms. The van der Waals surface area contributed by atoms with E-state index in [1.54, 1.807) is 12.1 Å². The van der Waals surface area contributed by atoms with Gasteiger partial charge in [-0.2, -0.15) is 4.98 Å². The van der Waals surface area contributed by atoms with E-state index in [9.17, 15) is 9.59 Å². The van der Waals surface area contributed by atoms with E-state index in [1.165, 1.54) is 0 Å². The number of rotatable bonds is 3. The molecule has 0 bridgehead atoms. The van der Waals surface area contributed by atoms with E-state index in [2.05, 4.69) is 36.4 Å². The van der Waals surface area contributed by atoms with Crippen molar-refractivity contribution in [1.82, 2.24) is 15.2 Å². The van der Waals surface area contributed by atoms with Gasteiger partial charge in [-0.05, 0) is 17.7 Å². The quantitative estimate of drug-likeness (QED) is 0.644. The van der Waals surface area contributed by atoms with E-state index in [0.29, 0.717) is 17.8 Å². The zero-order valence-corrected chi connectivity index (χ0v) is 15.0. The number of carbonyl (C=O) groups excluding carboxylic acids is 2. The van der Waals surface area contributed by atoms with Crippen LogP contribution in [0.1, 0.15) is 15.9 Å². The molecule has 1 aliphatic rings. The molecule has 0 radical (unpaired) electrons. The Labute approximate surface area is 156 Å². The number of nitrogens with zero attached hydrogens (tertiary/aromatic N) is 2. The van der Waals surface area contributed by atoms with E-state index >= 15 is 0 Å². The Balaban J connectivity index is 1.50. The third kappa shape index (κ3) is 3.11. The highest BCUT2D eigenvalue weighted by atomic mass is 79.9. The molecule has 3 aromatic rings. The highest BCUT2D eigenvalue weighted by Gasteiger charge is 2.31. The molecule has 0 saturated carbocycles. The molecule has 0 aliphatic carbocycles. The molecule has 130 valence electrons. The molecular formula is C18H13BrN4O3. The van der Waals surface area contributed by atoms with Crippen LogP contribution in [-0.2, 0) is 16.0 Å². The van der Waals surface area contributed by atoms with Gasteiger partial charge in [0.2, 0.25) is 5.95 Å². The van der Waals surface area contributed by atoms with E-state index in [1.807, 2.05) is 36.4 Å². The number of aromatic nitrogens is 3. The third-order valence-electron chi connectivity index (χ3n) is 4.03. The number of esters is 1. The van der Waals surface area contributed by atoms with Crippen LogP contribution in [0.25, 0.3) is 11.4 Å². The average molecular weight is 413 g/mol. The summed E-state index contributed by atoms with van der Waals surface area (Å²) in [5.74, 6) is -0.337. The Bertz CT molecular complexity index is 1000. The summed E-state index contributed by atoms with van der Waals surface area (Å²) in [6.45, 7) is 0. The van der Waals surface area contributed by atoms with Crippen LogP contribution in [-0.4, -0.2) is 33.2 Å². The molecule has 0 fully saturated rings. The molecule has 1 atom stereocenters. The predicted molar refractivity (Wildman–Crippen MR) is 97.5 cm³/mol. The third-order valence-corrected chi connectivity index (χ3v) is 4.73. The van der Waals surface area contributed by atoms with Gasteiger partial charge in [0.05, 0.1) is 5.56 Å². The first-order valence-corrected chi connectivity index (χ1v) is 8.68.